The van der Waals surface area contributed by atoms with Crippen LogP contribution in [0.1, 0.15) is 70.4 Å². The Morgan fingerprint density at radius 3 is 1.81 bits per heavy atom. The molecule has 1 radical (unpaired) electrons. The third-order valence-corrected chi connectivity index (χ3v) is 7.17. The van der Waals surface area contributed by atoms with Gasteiger partial charge in [0.1, 0.15) is 5.56 Å². The normalized spacial score (nSPS) is 14.4. The summed E-state index contributed by atoms with van der Waals surface area (Å²) in [4.78, 5) is 20.3. The van der Waals surface area contributed by atoms with E-state index in [2.05, 4.69) is 56.7 Å². The number of carboxylic acid groups (broad SMARTS) is 1. The van der Waals surface area contributed by atoms with Gasteiger partial charge >= 0.3 is 30.7 Å². The second-order valence-corrected chi connectivity index (χ2v) is 10.4. The van der Waals surface area contributed by atoms with Gasteiger partial charge in [0.25, 0.3) is 0 Å². The Hall–Kier alpha value is -2.98. The Morgan fingerprint density at radius 2 is 1.35 bits per heavy atom. The maximum atomic E-state index is 11.4. The molecule has 2 aliphatic rings. The van der Waals surface area contributed by atoms with Gasteiger partial charge in [-0.1, -0.05) is 23.3 Å². The second-order valence-electron chi connectivity index (χ2n) is 9.39. The molecule has 6 rings (SSSR count). The summed E-state index contributed by atoms with van der Waals surface area (Å²) < 4.78 is 3.48. The molecule has 3 N–H and O–H groups in total. The van der Waals surface area contributed by atoms with Crippen molar-refractivity contribution in [3.63, 3.8) is 0 Å². The minimum atomic E-state index is -1.10. The van der Waals surface area contributed by atoms with Crippen LogP contribution in [0.2, 0.25) is 0 Å². The molecule has 4 aromatic rings. The molecule has 0 bridgehead atoms. The maximum absolute atomic E-state index is 11.4. The first-order valence-corrected chi connectivity index (χ1v) is 13.0. The topological polar surface area (TPSA) is 116 Å². The average molecular weight is 579 g/mol. The van der Waals surface area contributed by atoms with Gasteiger partial charge in [-0.15, -0.1) is 0 Å². The molecule has 2 aliphatic carbocycles. The van der Waals surface area contributed by atoms with E-state index in [9.17, 15) is 20.1 Å². The zero-order valence-electron chi connectivity index (χ0n) is 20.4. The Bertz CT molecular complexity index is 1520. The summed E-state index contributed by atoms with van der Waals surface area (Å²) in [6.07, 6.45) is 4.22. The van der Waals surface area contributed by atoms with E-state index in [1.165, 1.54) is 5.56 Å². The molecule has 0 unspecified atom stereocenters. The van der Waals surface area contributed by atoms with Gasteiger partial charge in [-0.05, 0) is 79.7 Å². The number of pyridine rings is 2. The molecule has 0 spiro atoms. The van der Waals surface area contributed by atoms with Crippen molar-refractivity contribution in [3.05, 3.63) is 68.9 Å². The monoisotopic (exact) mass is 578 g/mol. The molecule has 0 aliphatic heterocycles. The Labute approximate surface area is 229 Å². The summed E-state index contributed by atoms with van der Waals surface area (Å²) in [5.41, 5.74) is 5.08. The van der Waals surface area contributed by atoms with E-state index in [-0.39, 0.29) is 17.2 Å². The number of aromatic carboxylic acids is 1. The number of aromatic hydroxyl groups is 2. The fourth-order valence-corrected chi connectivity index (χ4v) is 4.75. The van der Waals surface area contributed by atoms with Gasteiger partial charge in [-0.3, -0.25) is 0 Å². The summed E-state index contributed by atoms with van der Waals surface area (Å²) in [7, 11) is 4.34. The summed E-state index contributed by atoms with van der Waals surface area (Å²) >= 11 is 6.66. The van der Waals surface area contributed by atoms with Gasteiger partial charge in [0.05, 0.1) is 26.9 Å². The van der Waals surface area contributed by atoms with Crippen LogP contribution in [0.15, 0.2) is 45.2 Å². The van der Waals surface area contributed by atoms with Crippen molar-refractivity contribution in [2.24, 2.45) is 4.30 Å². The van der Waals surface area contributed by atoms with Crippen molar-refractivity contribution in [2.75, 3.05) is 0 Å². The average Bonchev–Trinajstić information content (AvgIpc) is 3.75. The number of hydrogen-bond donors (Lipinski definition) is 4. The second kappa shape index (κ2) is 11.2. The Kier molecular flexibility index (Phi) is 8.18. The van der Waals surface area contributed by atoms with Crippen molar-refractivity contribution in [2.45, 2.75) is 51.4 Å². The van der Waals surface area contributed by atoms with Gasteiger partial charge in [-0.2, -0.15) is 0 Å². The molecule has 2 fully saturated rings. The summed E-state index contributed by atoms with van der Waals surface area (Å²) in [6, 6.07) is 11.6. The standard InChI is InChI=1S/C14H13NO3.C13H12BrNO.BHNS/c1-7-2-5-10-9(6-7)11(14(17)18)13(16)12(15-10)8-3-4-8;1-7-2-5-10-9(6-7)11(14)13(16)12(15-10)8-3-4-8;1-2-3/h2,5-6,8,16H,3-4H2,1H3,(H,17,18);2,5-6,8,16H,3-4H2,1H3;3H. The number of carboxylic acids is 1. The third-order valence-electron chi connectivity index (χ3n) is 6.36. The van der Waals surface area contributed by atoms with Gasteiger partial charge in [0.2, 0.25) is 0 Å². The molecule has 37 heavy (non-hydrogen) atoms. The number of aryl methyl sites for hydroxylation is 2. The molecule has 2 aromatic carbocycles. The van der Waals surface area contributed by atoms with E-state index in [4.69, 9.17) is 0 Å². The number of halogens is 1. The number of rotatable bonds is 3. The van der Waals surface area contributed by atoms with Gasteiger partial charge in [0, 0.05) is 22.6 Å². The molecular weight excluding hydrogens is 553 g/mol. The zero-order valence-corrected chi connectivity index (χ0v) is 22.9. The van der Waals surface area contributed by atoms with Crippen LogP contribution in [0.5, 0.6) is 11.5 Å². The van der Waals surface area contributed by atoms with Crippen LogP contribution in [0.3, 0.4) is 0 Å². The van der Waals surface area contributed by atoms with Crippen molar-refractivity contribution in [1.82, 2.24) is 9.97 Å². The van der Waals surface area contributed by atoms with Gasteiger partial charge < -0.3 is 15.3 Å². The van der Waals surface area contributed by atoms with Crippen LogP contribution >= 0.6 is 28.7 Å². The number of fused-ring (bicyclic) bond motifs is 2. The predicted molar refractivity (Wildman–Crippen MR) is 152 cm³/mol. The van der Waals surface area contributed by atoms with E-state index in [1.807, 2.05) is 38.1 Å². The van der Waals surface area contributed by atoms with Crippen molar-refractivity contribution >= 4 is 64.2 Å². The first kappa shape index (κ1) is 27.1. The molecular formula is C27H26BBrN3O4S. The number of thiol groups is 1. The molecule has 2 heterocycles. The SMILES string of the molecule is Cc1ccc2nc(C3CC3)c(O)c(Br)c2c1.Cc1ccc2nc(C3CC3)c(O)c(C(=O)O)c2c1.[B]=NS. The number of nitrogens with zero attached hydrogens (tertiary/aromatic N) is 3. The first-order valence-electron chi connectivity index (χ1n) is 11.9. The number of aromatic nitrogens is 2. The summed E-state index contributed by atoms with van der Waals surface area (Å²) in [5, 5.41) is 31.0. The van der Waals surface area contributed by atoms with E-state index >= 15 is 0 Å². The number of carbonyl (C=O) groups is 1. The number of benzene rings is 2. The summed E-state index contributed by atoms with van der Waals surface area (Å²) in [6.45, 7) is 3.93. The van der Waals surface area contributed by atoms with E-state index in [0.29, 0.717) is 28.3 Å². The number of hydrogen-bond acceptors (Lipinski definition) is 7. The molecule has 189 valence electrons. The van der Waals surface area contributed by atoms with E-state index in [1.54, 1.807) is 6.07 Å². The van der Waals surface area contributed by atoms with Gasteiger partial charge in [-0.25, -0.2) is 14.8 Å². The zero-order chi connectivity index (χ0) is 26.9. The van der Waals surface area contributed by atoms with Crippen LogP contribution in [-0.4, -0.2) is 38.9 Å². The molecule has 0 amide bonds. The predicted octanol–water partition coefficient (Wildman–Crippen LogP) is 6.90. The Morgan fingerprint density at radius 1 is 0.919 bits per heavy atom. The summed E-state index contributed by atoms with van der Waals surface area (Å²) in [5.74, 6) is -0.271. The van der Waals surface area contributed by atoms with E-state index in [0.717, 1.165) is 52.3 Å². The Balaban J connectivity index is 0.000000157. The fourth-order valence-electron chi connectivity index (χ4n) is 4.23. The molecule has 10 heteroatoms. The van der Waals surface area contributed by atoms with Crippen LogP contribution in [-0.2, 0) is 0 Å². The van der Waals surface area contributed by atoms with Gasteiger partial charge in [0.15, 0.2) is 11.5 Å². The molecule has 2 aromatic heterocycles. The van der Waals surface area contributed by atoms with E-state index < -0.39 is 5.97 Å². The first-order chi connectivity index (χ1) is 17.7. The quantitative estimate of drug-likeness (QED) is 0.155. The molecule has 7 nitrogen and oxygen atoms in total. The molecule has 0 saturated heterocycles. The van der Waals surface area contributed by atoms with Crippen molar-refractivity contribution in [3.8, 4) is 11.5 Å². The molecule has 0 atom stereocenters. The van der Waals surface area contributed by atoms with Crippen LogP contribution < -0.4 is 0 Å². The molecule has 2 saturated carbocycles. The fraction of sp³-hybridized carbons (Fsp3) is 0.296. The van der Waals surface area contributed by atoms with Crippen molar-refractivity contribution in [1.29, 1.82) is 0 Å². The van der Waals surface area contributed by atoms with Crippen LogP contribution in [0.4, 0.5) is 0 Å². The van der Waals surface area contributed by atoms with Crippen LogP contribution in [0.25, 0.3) is 21.8 Å². The minimum absolute atomic E-state index is 0.0226. The third kappa shape index (κ3) is 5.96. The van der Waals surface area contributed by atoms with Crippen molar-refractivity contribution < 1.29 is 20.1 Å². The van der Waals surface area contributed by atoms with Crippen LogP contribution in [0, 0.1) is 13.8 Å².